The smallest absolute Gasteiger partial charge is 0.150 e. The van der Waals surface area contributed by atoms with E-state index in [2.05, 4.69) is 0 Å². The predicted molar refractivity (Wildman–Crippen MR) is 67.0 cm³/mol. The van der Waals surface area contributed by atoms with E-state index in [1.54, 1.807) is 18.2 Å². The second-order valence-electron chi connectivity index (χ2n) is 3.69. The summed E-state index contributed by atoms with van der Waals surface area (Å²) in [4.78, 5) is 10.6. The summed E-state index contributed by atoms with van der Waals surface area (Å²) in [5, 5.41) is 0. The summed E-state index contributed by atoms with van der Waals surface area (Å²) in [6, 6.07) is 14.8. The molecule has 3 heteroatoms. The minimum Gasteiger partial charge on any atom is -0.487 e. The van der Waals surface area contributed by atoms with Gasteiger partial charge in [0.25, 0.3) is 0 Å². The number of carbonyl (C=O) groups excluding carboxylic acids is 1. The van der Waals surface area contributed by atoms with Gasteiger partial charge in [0.1, 0.15) is 18.6 Å². The summed E-state index contributed by atoms with van der Waals surface area (Å²) in [7, 11) is 0. The van der Waals surface area contributed by atoms with E-state index < -0.39 is 0 Å². The van der Waals surface area contributed by atoms with Crippen LogP contribution in [0.15, 0.2) is 48.5 Å². The maximum Gasteiger partial charge on any atom is 0.150 e. The van der Waals surface area contributed by atoms with Crippen LogP contribution in [0.1, 0.15) is 15.9 Å². The highest BCUT2D eigenvalue weighted by atomic mass is 16.5. The first kappa shape index (κ1) is 11.2. The van der Waals surface area contributed by atoms with E-state index in [1.165, 1.54) is 0 Å². The molecule has 2 aromatic rings. The van der Waals surface area contributed by atoms with Crippen LogP contribution in [0.4, 0.5) is 5.69 Å². The zero-order valence-electron chi connectivity index (χ0n) is 9.30. The third kappa shape index (κ3) is 2.84. The van der Waals surface area contributed by atoms with E-state index in [4.69, 9.17) is 10.5 Å². The highest BCUT2D eigenvalue weighted by Gasteiger charge is 2.02. The van der Waals surface area contributed by atoms with Crippen LogP contribution < -0.4 is 10.5 Å². The molecule has 0 radical (unpaired) electrons. The maximum absolute atomic E-state index is 10.6. The van der Waals surface area contributed by atoms with Crippen molar-refractivity contribution in [1.29, 1.82) is 0 Å². The molecule has 86 valence electrons. The first-order valence-electron chi connectivity index (χ1n) is 5.31. The Labute approximate surface area is 99.8 Å². The summed E-state index contributed by atoms with van der Waals surface area (Å²) in [6.07, 6.45) is 0.773. The molecule has 0 aliphatic rings. The van der Waals surface area contributed by atoms with Gasteiger partial charge in [0.15, 0.2) is 0 Å². The molecule has 2 aromatic carbocycles. The van der Waals surface area contributed by atoms with Gasteiger partial charge in [-0.05, 0) is 23.8 Å². The Balaban J connectivity index is 2.11. The van der Waals surface area contributed by atoms with Crippen molar-refractivity contribution >= 4 is 12.0 Å². The van der Waals surface area contributed by atoms with Crippen LogP contribution in [0.5, 0.6) is 5.75 Å². The molecule has 17 heavy (non-hydrogen) atoms. The van der Waals surface area contributed by atoms with Gasteiger partial charge >= 0.3 is 0 Å². The van der Waals surface area contributed by atoms with Gasteiger partial charge in [0.05, 0.1) is 5.69 Å². The number of benzene rings is 2. The number of rotatable bonds is 4. The Kier molecular flexibility index (Phi) is 3.40. The van der Waals surface area contributed by atoms with E-state index in [1.807, 2.05) is 30.3 Å². The molecular weight excluding hydrogens is 214 g/mol. The lowest BCUT2D eigenvalue weighted by Crippen LogP contribution is -1.99. The average molecular weight is 227 g/mol. The van der Waals surface area contributed by atoms with Gasteiger partial charge in [0.2, 0.25) is 0 Å². The minimum absolute atomic E-state index is 0.438. The van der Waals surface area contributed by atoms with Crippen molar-refractivity contribution < 1.29 is 9.53 Å². The maximum atomic E-state index is 10.6. The summed E-state index contributed by atoms with van der Waals surface area (Å²) in [5.41, 5.74) is 7.92. The fourth-order valence-corrected chi connectivity index (χ4v) is 1.48. The third-order valence-electron chi connectivity index (χ3n) is 2.41. The van der Waals surface area contributed by atoms with Gasteiger partial charge < -0.3 is 10.5 Å². The SMILES string of the molecule is Nc1ccc(C=O)cc1OCc1ccccc1. The second kappa shape index (κ2) is 5.16. The summed E-state index contributed by atoms with van der Waals surface area (Å²) < 4.78 is 5.58. The van der Waals surface area contributed by atoms with Crippen LogP contribution in [-0.4, -0.2) is 6.29 Å². The average Bonchev–Trinajstić information content (AvgIpc) is 2.39. The largest absolute Gasteiger partial charge is 0.487 e. The molecule has 0 spiro atoms. The summed E-state index contributed by atoms with van der Waals surface area (Å²) in [6.45, 7) is 0.438. The van der Waals surface area contributed by atoms with Gasteiger partial charge in [-0.15, -0.1) is 0 Å². The number of hydrogen-bond donors (Lipinski definition) is 1. The molecule has 0 aliphatic heterocycles. The Morgan fingerprint density at radius 3 is 2.59 bits per heavy atom. The molecule has 2 N–H and O–H groups in total. The predicted octanol–water partition coefficient (Wildman–Crippen LogP) is 2.66. The van der Waals surface area contributed by atoms with E-state index in [-0.39, 0.29) is 0 Å². The lowest BCUT2D eigenvalue weighted by molar-refractivity contribution is 0.112. The molecule has 0 amide bonds. The number of nitrogens with two attached hydrogens (primary N) is 1. The Morgan fingerprint density at radius 2 is 1.88 bits per heavy atom. The Hall–Kier alpha value is -2.29. The van der Waals surface area contributed by atoms with Crippen molar-refractivity contribution in [2.24, 2.45) is 0 Å². The third-order valence-corrected chi connectivity index (χ3v) is 2.41. The fraction of sp³-hybridized carbons (Fsp3) is 0.0714. The van der Waals surface area contributed by atoms with Crippen LogP contribution in [0.2, 0.25) is 0 Å². The standard InChI is InChI=1S/C14H13NO2/c15-13-7-6-12(9-16)8-14(13)17-10-11-4-2-1-3-5-11/h1-9H,10,15H2. The van der Waals surface area contributed by atoms with Gasteiger partial charge in [-0.25, -0.2) is 0 Å². The zero-order chi connectivity index (χ0) is 12.1. The first-order chi connectivity index (χ1) is 8.29. The molecule has 0 saturated heterocycles. The van der Waals surface area contributed by atoms with Gasteiger partial charge in [0, 0.05) is 5.56 Å². The molecule has 0 aliphatic carbocycles. The monoisotopic (exact) mass is 227 g/mol. The minimum atomic E-state index is 0.438. The quantitative estimate of drug-likeness (QED) is 0.645. The zero-order valence-corrected chi connectivity index (χ0v) is 9.30. The van der Waals surface area contributed by atoms with Crippen LogP contribution in [-0.2, 0) is 6.61 Å². The molecule has 0 saturated carbocycles. The Bertz CT molecular complexity index is 509. The number of hydrogen-bond acceptors (Lipinski definition) is 3. The van der Waals surface area contributed by atoms with Crippen molar-refractivity contribution in [2.45, 2.75) is 6.61 Å². The molecule has 2 rings (SSSR count). The highest BCUT2D eigenvalue weighted by Crippen LogP contribution is 2.23. The lowest BCUT2D eigenvalue weighted by atomic mass is 10.2. The summed E-state index contributed by atoms with van der Waals surface area (Å²) in [5.74, 6) is 0.540. The van der Waals surface area contributed by atoms with Crippen LogP contribution >= 0.6 is 0 Å². The van der Waals surface area contributed by atoms with Crippen molar-refractivity contribution in [1.82, 2.24) is 0 Å². The van der Waals surface area contributed by atoms with Gasteiger partial charge in [-0.1, -0.05) is 30.3 Å². The number of anilines is 1. The van der Waals surface area contributed by atoms with Gasteiger partial charge in [-0.2, -0.15) is 0 Å². The van der Waals surface area contributed by atoms with Gasteiger partial charge in [-0.3, -0.25) is 4.79 Å². The van der Waals surface area contributed by atoms with Crippen molar-refractivity contribution in [3.63, 3.8) is 0 Å². The first-order valence-corrected chi connectivity index (χ1v) is 5.31. The van der Waals surface area contributed by atoms with Crippen LogP contribution in [0.3, 0.4) is 0 Å². The highest BCUT2D eigenvalue weighted by molar-refractivity contribution is 5.77. The lowest BCUT2D eigenvalue weighted by Gasteiger charge is -2.09. The molecule has 0 bridgehead atoms. The molecule has 0 atom stereocenters. The number of aldehydes is 1. The molecule has 0 unspecified atom stereocenters. The number of nitrogen functional groups attached to an aromatic ring is 1. The van der Waals surface area contributed by atoms with E-state index in [9.17, 15) is 4.79 Å². The van der Waals surface area contributed by atoms with E-state index in [0.717, 1.165) is 11.8 Å². The van der Waals surface area contributed by atoms with Crippen LogP contribution in [0.25, 0.3) is 0 Å². The molecule has 0 fully saturated rings. The van der Waals surface area contributed by atoms with Crippen molar-refractivity contribution in [3.05, 3.63) is 59.7 Å². The topological polar surface area (TPSA) is 52.3 Å². The Morgan fingerprint density at radius 1 is 1.12 bits per heavy atom. The van der Waals surface area contributed by atoms with Crippen molar-refractivity contribution in [2.75, 3.05) is 5.73 Å². The van der Waals surface area contributed by atoms with E-state index >= 15 is 0 Å². The number of carbonyl (C=O) groups is 1. The molecular formula is C14H13NO2. The molecule has 0 heterocycles. The van der Waals surface area contributed by atoms with E-state index in [0.29, 0.717) is 23.6 Å². The fourth-order valence-electron chi connectivity index (χ4n) is 1.48. The normalized spacial score (nSPS) is 9.88. The molecule has 3 nitrogen and oxygen atoms in total. The number of ether oxygens (including phenoxy) is 1. The molecule has 0 aromatic heterocycles. The van der Waals surface area contributed by atoms with Crippen molar-refractivity contribution in [3.8, 4) is 5.75 Å². The second-order valence-corrected chi connectivity index (χ2v) is 3.69. The van der Waals surface area contributed by atoms with Crippen LogP contribution in [0, 0.1) is 0 Å². The summed E-state index contributed by atoms with van der Waals surface area (Å²) >= 11 is 0.